The van der Waals surface area contributed by atoms with Crippen LogP contribution in [-0.2, 0) is 10.0 Å². The Hall–Kier alpha value is -4.24. The van der Waals surface area contributed by atoms with Gasteiger partial charge in [0.25, 0.3) is 10.0 Å². The van der Waals surface area contributed by atoms with Crippen LogP contribution < -0.4 is 9.46 Å². The first kappa shape index (κ1) is 22.5. The highest BCUT2D eigenvalue weighted by molar-refractivity contribution is 7.92. The van der Waals surface area contributed by atoms with Gasteiger partial charge in [-0.2, -0.15) is 5.10 Å². The van der Waals surface area contributed by atoms with Gasteiger partial charge in [-0.25, -0.2) is 13.1 Å². The summed E-state index contributed by atoms with van der Waals surface area (Å²) in [5.74, 6) is 1.42. The van der Waals surface area contributed by atoms with Crippen LogP contribution in [0.1, 0.15) is 17.0 Å². The van der Waals surface area contributed by atoms with Crippen LogP contribution >= 0.6 is 0 Å². The molecule has 0 unspecified atom stereocenters. The van der Waals surface area contributed by atoms with Crippen molar-refractivity contribution >= 4 is 26.5 Å². The summed E-state index contributed by atoms with van der Waals surface area (Å²) in [4.78, 5) is 0.199. The summed E-state index contributed by atoms with van der Waals surface area (Å²) in [7, 11) is -3.73. The third-order valence-corrected chi connectivity index (χ3v) is 7.24. The van der Waals surface area contributed by atoms with Crippen LogP contribution in [0.25, 0.3) is 16.6 Å². The van der Waals surface area contributed by atoms with E-state index in [-0.39, 0.29) is 4.90 Å². The van der Waals surface area contributed by atoms with E-state index in [0.29, 0.717) is 23.1 Å². The van der Waals surface area contributed by atoms with E-state index in [1.165, 1.54) is 0 Å². The largest absolute Gasteiger partial charge is 0.438 e. The number of ether oxygens (including phenoxy) is 1. The van der Waals surface area contributed by atoms with Gasteiger partial charge in [0, 0.05) is 17.4 Å². The number of anilines is 1. The quantitative estimate of drug-likeness (QED) is 0.349. The number of benzene rings is 3. The molecule has 0 aliphatic rings. The minimum absolute atomic E-state index is 0.199. The lowest BCUT2D eigenvalue weighted by atomic mass is 10.1. The first-order valence-electron chi connectivity index (χ1n) is 11.0. The standard InChI is InChI=1S/C26H23N5O3S/c1-17-18(2)29-31(19(17)3)25-14-15-26(28-27-25)34-23-11-9-22(10-12-23)30-35(32,33)24-13-8-20-6-4-5-7-21(20)16-24/h4-16,30H,1-3H3. The number of hydrogen-bond acceptors (Lipinski definition) is 6. The maximum atomic E-state index is 12.8. The Morgan fingerprint density at radius 3 is 2.23 bits per heavy atom. The molecule has 1 N–H and O–H groups in total. The Morgan fingerprint density at radius 2 is 1.57 bits per heavy atom. The lowest BCUT2D eigenvalue weighted by molar-refractivity contribution is 0.454. The van der Waals surface area contributed by atoms with Crippen molar-refractivity contribution in [2.75, 3.05) is 4.72 Å². The van der Waals surface area contributed by atoms with Crippen molar-refractivity contribution in [2.45, 2.75) is 25.7 Å². The molecule has 3 aromatic carbocycles. The number of sulfonamides is 1. The highest BCUT2D eigenvalue weighted by Crippen LogP contribution is 2.25. The van der Waals surface area contributed by atoms with Crippen molar-refractivity contribution in [3.05, 3.63) is 95.8 Å². The molecule has 0 bridgehead atoms. The van der Waals surface area contributed by atoms with Gasteiger partial charge in [0.2, 0.25) is 5.88 Å². The molecule has 0 atom stereocenters. The van der Waals surface area contributed by atoms with Crippen LogP contribution in [-0.4, -0.2) is 28.4 Å². The molecular weight excluding hydrogens is 462 g/mol. The molecule has 8 nitrogen and oxygen atoms in total. The number of nitrogens with zero attached hydrogens (tertiary/aromatic N) is 4. The Labute approximate surface area is 203 Å². The Kier molecular flexibility index (Phi) is 5.70. The van der Waals surface area contributed by atoms with Crippen molar-refractivity contribution in [3.63, 3.8) is 0 Å². The van der Waals surface area contributed by atoms with Gasteiger partial charge in [-0.15, -0.1) is 10.2 Å². The van der Waals surface area contributed by atoms with Gasteiger partial charge in [-0.3, -0.25) is 4.72 Å². The number of aryl methyl sites for hydroxylation is 1. The molecule has 0 aliphatic heterocycles. The summed E-state index contributed by atoms with van der Waals surface area (Å²) in [5.41, 5.74) is 3.49. The molecule has 0 fully saturated rings. The van der Waals surface area contributed by atoms with Gasteiger partial charge in [0.1, 0.15) is 5.75 Å². The highest BCUT2D eigenvalue weighted by atomic mass is 32.2. The molecule has 2 heterocycles. The molecule has 9 heteroatoms. The first-order valence-corrected chi connectivity index (χ1v) is 12.4. The summed E-state index contributed by atoms with van der Waals surface area (Å²) in [6.45, 7) is 5.96. The fourth-order valence-corrected chi connectivity index (χ4v) is 4.78. The van der Waals surface area contributed by atoms with Crippen LogP contribution in [0.4, 0.5) is 5.69 Å². The highest BCUT2D eigenvalue weighted by Gasteiger charge is 2.15. The molecular formula is C26H23N5O3S. The van der Waals surface area contributed by atoms with E-state index in [4.69, 9.17) is 4.74 Å². The van der Waals surface area contributed by atoms with Crippen LogP contribution in [0.5, 0.6) is 11.6 Å². The Balaban J connectivity index is 1.28. The average molecular weight is 486 g/mol. The molecule has 0 aliphatic carbocycles. The minimum Gasteiger partial charge on any atom is -0.438 e. The van der Waals surface area contributed by atoms with Crippen LogP contribution in [0.2, 0.25) is 0 Å². The van der Waals surface area contributed by atoms with Crippen molar-refractivity contribution in [3.8, 4) is 17.4 Å². The molecule has 0 radical (unpaired) electrons. The molecule has 35 heavy (non-hydrogen) atoms. The van der Waals surface area contributed by atoms with E-state index in [9.17, 15) is 8.42 Å². The third kappa shape index (κ3) is 4.58. The van der Waals surface area contributed by atoms with Gasteiger partial charge in [0.05, 0.1) is 10.6 Å². The van der Waals surface area contributed by atoms with Crippen LogP contribution in [0.3, 0.4) is 0 Å². The number of nitrogens with one attached hydrogen (secondary N) is 1. The number of hydrogen-bond donors (Lipinski definition) is 1. The summed E-state index contributed by atoms with van der Waals surface area (Å²) >= 11 is 0. The van der Waals surface area contributed by atoms with E-state index in [1.807, 2.05) is 45.0 Å². The zero-order chi connectivity index (χ0) is 24.6. The first-order chi connectivity index (χ1) is 16.8. The summed E-state index contributed by atoms with van der Waals surface area (Å²) < 4.78 is 35.8. The number of rotatable bonds is 6. The van der Waals surface area contributed by atoms with Gasteiger partial charge in [-0.1, -0.05) is 30.3 Å². The molecule has 5 aromatic rings. The summed E-state index contributed by atoms with van der Waals surface area (Å²) in [6, 6.07) is 22.8. The lowest BCUT2D eigenvalue weighted by Gasteiger charge is -2.10. The van der Waals surface area contributed by atoms with Crippen molar-refractivity contribution in [2.24, 2.45) is 0 Å². The SMILES string of the molecule is Cc1nn(-c2ccc(Oc3ccc(NS(=O)(=O)c4ccc5ccccc5c4)cc3)nn2)c(C)c1C. The maximum absolute atomic E-state index is 12.8. The second-order valence-electron chi connectivity index (χ2n) is 8.18. The summed E-state index contributed by atoms with van der Waals surface area (Å²) in [5, 5.41) is 14.7. The van der Waals surface area contributed by atoms with E-state index in [0.717, 1.165) is 27.7 Å². The number of aromatic nitrogens is 4. The van der Waals surface area contributed by atoms with Crippen molar-refractivity contribution < 1.29 is 13.2 Å². The molecule has 0 amide bonds. The normalized spacial score (nSPS) is 11.5. The predicted octanol–water partition coefficient (Wildman–Crippen LogP) is 5.33. The topological polar surface area (TPSA) is 99.0 Å². The lowest BCUT2D eigenvalue weighted by Crippen LogP contribution is -2.12. The second-order valence-corrected chi connectivity index (χ2v) is 9.86. The van der Waals surface area contributed by atoms with E-state index in [2.05, 4.69) is 20.0 Å². The summed E-state index contributed by atoms with van der Waals surface area (Å²) in [6.07, 6.45) is 0. The fourth-order valence-electron chi connectivity index (χ4n) is 3.68. The average Bonchev–Trinajstić information content (AvgIpc) is 3.12. The minimum atomic E-state index is -3.73. The fraction of sp³-hybridized carbons (Fsp3) is 0.115. The molecule has 0 spiro atoms. The van der Waals surface area contributed by atoms with Crippen molar-refractivity contribution in [1.29, 1.82) is 0 Å². The zero-order valence-corrected chi connectivity index (χ0v) is 20.2. The van der Waals surface area contributed by atoms with Gasteiger partial charge >= 0.3 is 0 Å². The van der Waals surface area contributed by atoms with Gasteiger partial charge in [-0.05, 0) is 79.6 Å². The predicted molar refractivity (Wildman–Crippen MR) is 135 cm³/mol. The monoisotopic (exact) mass is 485 g/mol. The van der Waals surface area contributed by atoms with Crippen LogP contribution in [0.15, 0.2) is 83.8 Å². The molecule has 0 saturated heterocycles. The van der Waals surface area contributed by atoms with E-state index < -0.39 is 10.0 Å². The smallest absolute Gasteiger partial charge is 0.261 e. The second kappa shape index (κ2) is 8.84. The van der Waals surface area contributed by atoms with E-state index >= 15 is 0 Å². The zero-order valence-electron chi connectivity index (χ0n) is 19.4. The Morgan fingerprint density at radius 1 is 0.829 bits per heavy atom. The molecule has 0 saturated carbocycles. The molecule has 2 aromatic heterocycles. The third-order valence-electron chi connectivity index (χ3n) is 5.86. The number of fused-ring (bicyclic) bond motifs is 1. The van der Waals surface area contributed by atoms with E-state index in [1.54, 1.807) is 59.3 Å². The van der Waals surface area contributed by atoms with Crippen molar-refractivity contribution in [1.82, 2.24) is 20.0 Å². The van der Waals surface area contributed by atoms with Gasteiger partial charge in [0.15, 0.2) is 5.82 Å². The Bertz CT molecular complexity index is 1630. The molecule has 5 rings (SSSR count). The maximum Gasteiger partial charge on any atom is 0.261 e. The molecule has 176 valence electrons. The van der Waals surface area contributed by atoms with Crippen LogP contribution in [0, 0.1) is 20.8 Å². The van der Waals surface area contributed by atoms with Gasteiger partial charge < -0.3 is 4.74 Å².